The van der Waals surface area contributed by atoms with Gasteiger partial charge in [0.15, 0.2) is 5.96 Å². The molecule has 4 heteroatoms. The predicted molar refractivity (Wildman–Crippen MR) is 88.5 cm³/mol. The maximum atomic E-state index is 5.83. The van der Waals surface area contributed by atoms with Gasteiger partial charge in [0.05, 0.1) is 6.54 Å². The van der Waals surface area contributed by atoms with Crippen LogP contribution in [-0.2, 0) is 0 Å². The van der Waals surface area contributed by atoms with Crippen LogP contribution in [0.1, 0.15) is 5.56 Å². The Labute approximate surface area is 124 Å². The van der Waals surface area contributed by atoms with E-state index in [0.717, 1.165) is 11.4 Å². The van der Waals surface area contributed by atoms with Crippen LogP contribution in [0.4, 0.5) is 5.69 Å². The molecule has 0 atom stereocenters. The predicted octanol–water partition coefficient (Wildman–Crippen LogP) is 3.51. The molecule has 2 aromatic rings. The van der Waals surface area contributed by atoms with Crippen molar-refractivity contribution in [1.82, 2.24) is 0 Å². The lowest BCUT2D eigenvalue weighted by atomic mass is 10.2. The molecule has 2 rings (SSSR count). The Morgan fingerprint density at radius 1 is 1.10 bits per heavy atom. The molecule has 0 aliphatic rings. The van der Waals surface area contributed by atoms with E-state index >= 15 is 0 Å². The zero-order valence-electron chi connectivity index (χ0n) is 11.5. The van der Waals surface area contributed by atoms with Crippen molar-refractivity contribution in [3.8, 4) is 0 Å². The Balaban J connectivity index is 1.74. The van der Waals surface area contributed by atoms with E-state index in [0.29, 0.717) is 12.5 Å². The van der Waals surface area contributed by atoms with Gasteiger partial charge in [-0.15, -0.1) is 11.8 Å². The average molecular weight is 285 g/mol. The Morgan fingerprint density at radius 3 is 2.50 bits per heavy atom. The number of nitrogens with two attached hydrogens (primary N) is 1. The minimum Gasteiger partial charge on any atom is -0.370 e. The van der Waals surface area contributed by atoms with Gasteiger partial charge in [-0.1, -0.05) is 35.9 Å². The fraction of sp³-hybridized carbons (Fsp3) is 0.188. The van der Waals surface area contributed by atoms with Gasteiger partial charge in [-0.2, -0.15) is 0 Å². The van der Waals surface area contributed by atoms with Crippen molar-refractivity contribution in [2.24, 2.45) is 10.7 Å². The molecule has 0 saturated carbocycles. The third-order valence-corrected chi connectivity index (χ3v) is 3.70. The van der Waals surface area contributed by atoms with Gasteiger partial charge < -0.3 is 11.1 Å². The zero-order chi connectivity index (χ0) is 14.2. The highest BCUT2D eigenvalue weighted by atomic mass is 32.2. The summed E-state index contributed by atoms with van der Waals surface area (Å²) in [7, 11) is 0. The first-order valence-corrected chi connectivity index (χ1v) is 7.54. The topological polar surface area (TPSA) is 50.4 Å². The van der Waals surface area contributed by atoms with Crippen LogP contribution in [0.15, 0.2) is 64.5 Å². The quantitative estimate of drug-likeness (QED) is 0.382. The van der Waals surface area contributed by atoms with Crippen molar-refractivity contribution in [2.75, 3.05) is 17.6 Å². The number of thioether (sulfide) groups is 1. The molecular weight excluding hydrogens is 266 g/mol. The molecule has 0 heterocycles. The molecule has 0 spiro atoms. The van der Waals surface area contributed by atoms with Gasteiger partial charge in [0.25, 0.3) is 0 Å². The maximum absolute atomic E-state index is 5.83. The SMILES string of the molecule is Cc1ccc(SCCN=C(N)Nc2ccccc2)cc1. The number of aryl methyl sites for hydroxylation is 1. The second kappa shape index (κ2) is 7.60. The van der Waals surface area contributed by atoms with Gasteiger partial charge in [-0.25, -0.2) is 0 Å². The van der Waals surface area contributed by atoms with Crippen molar-refractivity contribution < 1.29 is 0 Å². The molecule has 2 aromatic carbocycles. The first-order chi connectivity index (χ1) is 9.74. The lowest BCUT2D eigenvalue weighted by molar-refractivity contribution is 1.13. The standard InChI is InChI=1S/C16H19N3S/c1-13-7-9-15(10-8-13)20-12-11-18-16(17)19-14-5-3-2-4-6-14/h2-10H,11-12H2,1H3,(H3,17,18,19). The van der Waals surface area contributed by atoms with Crippen molar-refractivity contribution in [1.29, 1.82) is 0 Å². The molecule has 0 amide bonds. The Kier molecular flexibility index (Phi) is 5.50. The molecule has 0 radical (unpaired) electrons. The summed E-state index contributed by atoms with van der Waals surface area (Å²) < 4.78 is 0. The first-order valence-electron chi connectivity index (χ1n) is 6.55. The van der Waals surface area contributed by atoms with E-state index < -0.39 is 0 Å². The molecule has 0 bridgehead atoms. The lowest BCUT2D eigenvalue weighted by Gasteiger charge is -2.05. The van der Waals surface area contributed by atoms with E-state index in [1.165, 1.54) is 10.5 Å². The summed E-state index contributed by atoms with van der Waals surface area (Å²) in [5.41, 5.74) is 8.07. The molecule has 104 valence electrons. The van der Waals surface area contributed by atoms with Crippen molar-refractivity contribution >= 4 is 23.4 Å². The summed E-state index contributed by atoms with van der Waals surface area (Å²) in [4.78, 5) is 5.58. The number of nitrogens with one attached hydrogen (secondary N) is 1. The van der Waals surface area contributed by atoms with Gasteiger partial charge in [-0.05, 0) is 31.2 Å². The molecule has 0 unspecified atom stereocenters. The van der Waals surface area contributed by atoms with E-state index in [1.54, 1.807) is 11.8 Å². The maximum Gasteiger partial charge on any atom is 0.193 e. The molecule has 0 aliphatic carbocycles. The van der Waals surface area contributed by atoms with Crippen LogP contribution in [0.2, 0.25) is 0 Å². The minimum absolute atomic E-state index is 0.459. The summed E-state index contributed by atoms with van der Waals surface area (Å²) >= 11 is 1.79. The second-order valence-corrected chi connectivity index (χ2v) is 5.59. The molecule has 0 saturated heterocycles. The van der Waals surface area contributed by atoms with E-state index in [2.05, 4.69) is 41.5 Å². The summed E-state index contributed by atoms with van der Waals surface area (Å²) in [5.74, 6) is 1.38. The van der Waals surface area contributed by atoms with Crippen molar-refractivity contribution in [3.05, 3.63) is 60.2 Å². The van der Waals surface area contributed by atoms with E-state index in [1.807, 2.05) is 30.3 Å². The molecule has 3 nitrogen and oxygen atoms in total. The fourth-order valence-electron chi connectivity index (χ4n) is 1.67. The highest BCUT2D eigenvalue weighted by molar-refractivity contribution is 7.99. The first kappa shape index (κ1) is 14.5. The molecule has 0 aromatic heterocycles. The molecule has 3 N–H and O–H groups in total. The smallest absolute Gasteiger partial charge is 0.193 e. The third kappa shape index (κ3) is 4.97. The Bertz CT molecular complexity index is 550. The van der Waals surface area contributed by atoms with Gasteiger partial charge in [0.2, 0.25) is 0 Å². The van der Waals surface area contributed by atoms with Crippen molar-refractivity contribution in [3.63, 3.8) is 0 Å². The lowest BCUT2D eigenvalue weighted by Crippen LogP contribution is -2.22. The number of guanidine groups is 1. The number of anilines is 1. The number of nitrogens with zero attached hydrogens (tertiary/aromatic N) is 1. The van der Waals surface area contributed by atoms with Gasteiger partial charge in [-0.3, -0.25) is 4.99 Å². The van der Waals surface area contributed by atoms with E-state index in [-0.39, 0.29) is 0 Å². The van der Waals surface area contributed by atoms with Crippen molar-refractivity contribution in [2.45, 2.75) is 11.8 Å². The summed E-state index contributed by atoms with van der Waals surface area (Å²) in [5, 5.41) is 3.07. The summed E-state index contributed by atoms with van der Waals surface area (Å²) in [6.07, 6.45) is 0. The average Bonchev–Trinajstić information content (AvgIpc) is 2.46. The number of hydrogen-bond acceptors (Lipinski definition) is 2. The highest BCUT2D eigenvalue weighted by Crippen LogP contribution is 2.17. The number of rotatable bonds is 5. The monoisotopic (exact) mass is 285 g/mol. The van der Waals surface area contributed by atoms with Crippen LogP contribution in [-0.4, -0.2) is 18.3 Å². The van der Waals surface area contributed by atoms with Gasteiger partial charge in [0.1, 0.15) is 0 Å². The van der Waals surface area contributed by atoms with Crippen LogP contribution in [0, 0.1) is 6.92 Å². The molecule has 0 fully saturated rings. The second-order valence-electron chi connectivity index (χ2n) is 4.42. The number of hydrogen-bond donors (Lipinski definition) is 2. The Morgan fingerprint density at radius 2 is 1.80 bits per heavy atom. The van der Waals surface area contributed by atoms with Crippen LogP contribution < -0.4 is 11.1 Å². The summed E-state index contributed by atoms with van der Waals surface area (Å²) in [6.45, 7) is 2.79. The number of para-hydroxylation sites is 1. The largest absolute Gasteiger partial charge is 0.370 e. The van der Waals surface area contributed by atoms with Gasteiger partial charge in [0, 0.05) is 16.3 Å². The fourth-order valence-corrected chi connectivity index (χ4v) is 2.42. The zero-order valence-corrected chi connectivity index (χ0v) is 12.4. The van der Waals surface area contributed by atoms with Crippen LogP contribution in [0.5, 0.6) is 0 Å². The highest BCUT2D eigenvalue weighted by Gasteiger charge is 1.95. The normalized spacial score (nSPS) is 11.3. The summed E-state index contributed by atoms with van der Waals surface area (Å²) in [6, 6.07) is 18.3. The number of benzene rings is 2. The van der Waals surface area contributed by atoms with Crippen LogP contribution in [0.3, 0.4) is 0 Å². The third-order valence-electron chi connectivity index (χ3n) is 2.71. The number of aliphatic imine (C=N–C) groups is 1. The van der Waals surface area contributed by atoms with E-state index in [4.69, 9.17) is 5.73 Å². The van der Waals surface area contributed by atoms with E-state index in [9.17, 15) is 0 Å². The molecular formula is C16H19N3S. The van der Waals surface area contributed by atoms with Crippen LogP contribution >= 0.6 is 11.8 Å². The minimum atomic E-state index is 0.459. The Hall–Kier alpha value is -1.94. The van der Waals surface area contributed by atoms with Crippen LogP contribution in [0.25, 0.3) is 0 Å². The van der Waals surface area contributed by atoms with Gasteiger partial charge >= 0.3 is 0 Å². The molecule has 20 heavy (non-hydrogen) atoms. The molecule has 0 aliphatic heterocycles.